The van der Waals surface area contributed by atoms with Gasteiger partial charge in [-0.25, -0.2) is 4.39 Å². The predicted molar refractivity (Wildman–Crippen MR) is 111 cm³/mol. The number of benzene rings is 1. The molecule has 0 saturated heterocycles. The maximum absolute atomic E-state index is 13.9. The summed E-state index contributed by atoms with van der Waals surface area (Å²) in [6, 6.07) is 10.7. The minimum absolute atomic E-state index is 0.137. The number of hydrogen-bond donors (Lipinski definition) is 0. The van der Waals surface area contributed by atoms with E-state index in [2.05, 4.69) is 26.2 Å². The first kappa shape index (κ1) is 19.3. The van der Waals surface area contributed by atoms with Crippen molar-refractivity contribution in [2.45, 2.75) is 49.7 Å². The molecule has 1 fully saturated rings. The molecule has 2 heterocycles. The highest BCUT2D eigenvalue weighted by molar-refractivity contribution is 7.99. The fourth-order valence-electron chi connectivity index (χ4n) is 3.70. The van der Waals surface area contributed by atoms with Crippen LogP contribution < -0.4 is 0 Å². The van der Waals surface area contributed by atoms with Crippen molar-refractivity contribution in [1.29, 1.82) is 0 Å². The highest BCUT2D eigenvalue weighted by atomic mass is 32.2. The summed E-state index contributed by atoms with van der Waals surface area (Å²) in [5.74, 6) is 0.418. The zero-order valence-corrected chi connectivity index (χ0v) is 17.1. The summed E-state index contributed by atoms with van der Waals surface area (Å²) in [5.41, 5.74) is 0.137. The normalized spacial score (nSPS) is 15.0. The zero-order valence-electron chi connectivity index (χ0n) is 15.5. The van der Waals surface area contributed by atoms with E-state index in [1.807, 2.05) is 6.07 Å². The first-order valence-corrected chi connectivity index (χ1v) is 11.5. The quantitative estimate of drug-likeness (QED) is 0.375. The first-order chi connectivity index (χ1) is 13.7. The van der Waals surface area contributed by atoms with Gasteiger partial charge in [-0.2, -0.15) is 0 Å². The van der Waals surface area contributed by atoms with Gasteiger partial charge < -0.3 is 4.57 Å². The van der Waals surface area contributed by atoms with Crippen molar-refractivity contribution in [3.63, 3.8) is 0 Å². The second-order valence-electron chi connectivity index (χ2n) is 7.01. The molecule has 0 bridgehead atoms. The molecule has 28 heavy (non-hydrogen) atoms. The summed E-state index contributed by atoms with van der Waals surface area (Å²) in [6.45, 7) is 0. The second kappa shape index (κ2) is 9.01. The number of rotatable bonds is 7. The van der Waals surface area contributed by atoms with Gasteiger partial charge in [-0.3, -0.25) is 4.79 Å². The Bertz CT molecular complexity index is 933. The number of aromatic nitrogens is 3. The Morgan fingerprint density at radius 1 is 1.14 bits per heavy atom. The smallest absolute Gasteiger partial charge is 0.191 e. The minimum atomic E-state index is -0.472. The molecule has 1 saturated carbocycles. The zero-order chi connectivity index (χ0) is 19.3. The van der Waals surface area contributed by atoms with Crippen LogP contribution in [0.5, 0.6) is 0 Å². The fraction of sp³-hybridized carbons (Fsp3) is 0.381. The van der Waals surface area contributed by atoms with Gasteiger partial charge in [0.15, 0.2) is 10.9 Å². The van der Waals surface area contributed by atoms with Gasteiger partial charge in [-0.15, -0.1) is 21.5 Å². The fourth-order valence-corrected chi connectivity index (χ4v) is 5.31. The lowest BCUT2D eigenvalue weighted by Crippen LogP contribution is -2.17. The molecule has 146 valence electrons. The van der Waals surface area contributed by atoms with Crippen LogP contribution in [0.15, 0.2) is 46.9 Å². The van der Waals surface area contributed by atoms with Crippen molar-refractivity contribution < 1.29 is 9.18 Å². The van der Waals surface area contributed by atoms with Crippen LogP contribution in [0.2, 0.25) is 0 Å². The van der Waals surface area contributed by atoms with E-state index >= 15 is 0 Å². The molecule has 2 aromatic heterocycles. The van der Waals surface area contributed by atoms with Gasteiger partial charge in [0.05, 0.1) is 11.3 Å². The lowest BCUT2D eigenvalue weighted by molar-refractivity contribution is 0.101. The van der Waals surface area contributed by atoms with Gasteiger partial charge in [0.2, 0.25) is 0 Å². The number of halogens is 1. The van der Waals surface area contributed by atoms with E-state index in [0.717, 1.165) is 30.2 Å². The van der Waals surface area contributed by atoms with Crippen molar-refractivity contribution in [3.05, 3.63) is 63.9 Å². The van der Waals surface area contributed by atoms with Crippen LogP contribution in [-0.2, 0) is 6.42 Å². The molecule has 4 rings (SSSR count). The van der Waals surface area contributed by atoms with Crippen molar-refractivity contribution in [1.82, 2.24) is 14.8 Å². The van der Waals surface area contributed by atoms with Gasteiger partial charge in [-0.05, 0) is 36.4 Å². The van der Waals surface area contributed by atoms with E-state index in [1.54, 1.807) is 23.5 Å². The topological polar surface area (TPSA) is 47.8 Å². The van der Waals surface area contributed by atoms with Crippen molar-refractivity contribution >= 4 is 28.9 Å². The SMILES string of the molecule is O=C(CSc1nnc(Cc2cccs2)n1C1CCCCC1)c1ccccc1F. The van der Waals surface area contributed by atoms with Crippen LogP contribution in [0, 0.1) is 5.82 Å². The Labute approximate surface area is 172 Å². The molecule has 0 N–H and O–H groups in total. The molecule has 0 amide bonds. The molecule has 7 heteroatoms. The molecule has 3 aromatic rings. The van der Waals surface area contributed by atoms with Gasteiger partial charge in [0, 0.05) is 17.3 Å². The Balaban J connectivity index is 1.55. The molecule has 0 spiro atoms. The Morgan fingerprint density at radius 2 is 1.96 bits per heavy atom. The van der Waals surface area contributed by atoms with Crippen molar-refractivity contribution in [2.24, 2.45) is 0 Å². The number of hydrogen-bond acceptors (Lipinski definition) is 5. The van der Waals surface area contributed by atoms with Crippen LogP contribution in [-0.4, -0.2) is 26.3 Å². The molecule has 1 aliphatic carbocycles. The van der Waals surface area contributed by atoms with Crippen LogP contribution >= 0.6 is 23.1 Å². The number of carbonyl (C=O) groups is 1. The Kier molecular flexibility index (Phi) is 6.22. The Hall–Kier alpha value is -1.99. The van der Waals surface area contributed by atoms with E-state index in [0.29, 0.717) is 6.04 Å². The van der Waals surface area contributed by atoms with E-state index < -0.39 is 5.82 Å². The minimum Gasteiger partial charge on any atom is -0.303 e. The summed E-state index contributed by atoms with van der Waals surface area (Å²) in [6.07, 6.45) is 6.67. The molecular formula is C21H22FN3OS2. The van der Waals surface area contributed by atoms with Crippen LogP contribution in [0.25, 0.3) is 0 Å². The van der Waals surface area contributed by atoms with Gasteiger partial charge in [0.1, 0.15) is 11.6 Å². The molecule has 1 aliphatic rings. The number of Topliss-reactive ketones (excluding diaryl/α,β-unsaturated/α-hetero) is 1. The third-order valence-corrected chi connectivity index (χ3v) is 6.91. The first-order valence-electron chi connectivity index (χ1n) is 9.59. The maximum atomic E-state index is 13.9. The predicted octanol–water partition coefficient (Wildman–Crippen LogP) is 5.55. The van der Waals surface area contributed by atoms with E-state index in [9.17, 15) is 9.18 Å². The lowest BCUT2D eigenvalue weighted by Gasteiger charge is -2.25. The summed E-state index contributed by atoms with van der Waals surface area (Å²) < 4.78 is 16.1. The van der Waals surface area contributed by atoms with E-state index in [1.165, 1.54) is 48.0 Å². The van der Waals surface area contributed by atoms with E-state index in [-0.39, 0.29) is 17.1 Å². The number of nitrogens with zero attached hydrogens (tertiary/aromatic N) is 3. The van der Waals surface area contributed by atoms with Gasteiger partial charge >= 0.3 is 0 Å². The average molecular weight is 416 g/mol. The summed E-state index contributed by atoms with van der Waals surface area (Å²) in [7, 11) is 0. The molecule has 0 atom stereocenters. The highest BCUT2D eigenvalue weighted by Crippen LogP contribution is 2.33. The number of thioether (sulfide) groups is 1. The molecule has 1 aromatic carbocycles. The largest absolute Gasteiger partial charge is 0.303 e. The molecular weight excluding hydrogens is 393 g/mol. The van der Waals surface area contributed by atoms with Gasteiger partial charge in [-0.1, -0.05) is 49.2 Å². The van der Waals surface area contributed by atoms with Crippen molar-refractivity contribution in [3.8, 4) is 0 Å². The molecule has 0 radical (unpaired) electrons. The number of thiophene rings is 1. The third kappa shape index (κ3) is 4.36. The Morgan fingerprint density at radius 3 is 2.71 bits per heavy atom. The second-order valence-corrected chi connectivity index (χ2v) is 8.98. The van der Waals surface area contributed by atoms with Crippen LogP contribution in [0.1, 0.15) is 59.2 Å². The van der Waals surface area contributed by atoms with E-state index in [4.69, 9.17) is 0 Å². The number of carbonyl (C=O) groups excluding carboxylic acids is 1. The third-order valence-electron chi connectivity index (χ3n) is 5.09. The highest BCUT2D eigenvalue weighted by Gasteiger charge is 2.24. The van der Waals surface area contributed by atoms with Crippen LogP contribution in [0.4, 0.5) is 4.39 Å². The summed E-state index contributed by atoms with van der Waals surface area (Å²) >= 11 is 3.08. The molecule has 4 nitrogen and oxygen atoms in total. The average Bonchev–Trinajstić information content (AvgIpc) is 3.37. The maximum Gasteiger partial charge on any atom is 0.191 e. The number of ketones is 1. The molecule has 0 unspecified atom stereocenters. The van der Waals surface area contributed by atoms with Crippen molar-refractivity contribution in [2.75, 3.05) is 5.75 Å². The van der Waals surface area contributed by atoms with Gasteiger partial charge in [0.25, 0.3) is 0 Å². The lowest BCUT2D eigenvalue weighted by atomic mass is 9.95. The molecule has 0 aliphatic heterocycles. The summed E-state index contributed by atoms with van der Waals surface area (Å²) in [5, 5.41) is 11.7. The van der Waals surface area contributed by atoms with Crippen LogP contribution in [0.3, 0.4) is 0 Å². The monoisotopic (exact) mass is 415 g/mol. The standard InChI is InChI=1S/C21H22FN3OS2/c22-18-11-5-4-10-17(18)19(26)14-28-21-24-23-20(13-16-9-6-12-27-16)25(21)15-7-2-1-3-8-15/h4-6,9-12,15H,1-3,7-8,13-14H2. The summed E-state index contributed by atoms with van der Waals surface area (Å²) in [4.78, 5) is 13.7.